The Bertz CT molecular complexity index is 2280. The van der Waals surface area contributed by atoms with Gasteiger partial charge in [-0.25, -0.2) is 0 Å². The molecule has 0 spiro atoms. The van der Waals surface area contributed by atoms with E-state index in [2.05, 4.69) is 402 Å². The van der Waals surface area contributed by atoms with Gasteiger partial charge in [-0.1, -0.05) is 491 Å². The molecular formula is C116H242. The third kappa shape index (κ3) is 56.9. The topological polar surface area (TPSA) is 0 Å². The summed E-state index contributed by atoms with van der Waals surface area (Å²) in [6, 6.07) is 0. The van der Waals surface area contributed by atoms with Gasteiger partial charge < -0.3 is 0 Å². The molecule has 7 saturated carbocycles. The lowest BCUT2D eigenvalue weighted by Crippen LogP contribution is -2.41. The lowest BCUT2D eigenvalue weighted by Gasteiger charge is -2.49. The summed E-state index contributed by atoms with van der Waals surface area (Å²) in [6.45, 7) is 136. The SMILES string of the molecule is CC(C(C)(C)C)C(C)(C)C.CC(C)(C)C(C)(C)C.CC(C)(C)C(C)(C)C(C)(C)C.CC(C)C(C)C(C)C.CC1(C)CC(C)(C)CC(C)(C)C1.CC1(C)CCCCC1.CC1C(C)(C)CCCC1(C)C.CC1CC(C)(C)CC(C)(C)C1.CC1CCC(C)(C)CC1.CCC(C)(C)C(C)C.CCC1CC(C)(C)CC(C)(C)C1.CCC1CCCCC1. The molecule has 0 heteroatoms. The third-order valence-corrected chi connectivity index (χ3v) is 33.1. The van der Waals surface area contributed by atoms with Crippen LogP contribution in [0.15, 0.2) is 0 Å². The molecule has 706 valence electrons. The Hall–Kier alpha value is 0. The van der Waals surface area contributed by atoms with Crippen molar-refractivity contribution in [2.24, 2.45) is 162 Å². The van der Waals surface area contributed by atoms with E-state index in [1.165, 1.54) is 186 Å². The van der Waals surface area contributed by atoms with Crippen LogP contribution >= 0.6 is 0 Å². The first-order valence-corrected chi connectivity index (χ1v) is 50.8. The summed E-state index contributed by atoms with van der Waals surface area (Å²) < 4.78 is 0. The van der Waals surface area contributed by atoms with Crippen LogP contribution in [-0.4, -0.2) is 0 Å². The van der Waals surface area contributed by atoms with Crippen LogP contribution in [0.2, 0.25) is 0 Å². The molecule has 0 aromatic rings. The smallest absolute Gasteiger partial charge is 0.0257 e. The van der Waals surface area contributed by atoms with E-state index in [4.69, 9.17) is 0 Å². The van der Waals surface area contributed by atoms with Gasteiger partial charge in [0.1, 0.15) is 0 Å². The molecule has 0 nitrogen and oxygen atoms in total. The van der Waals surface area contributed by atoms with Crippen molar-refractivity contribution in [1.82, 2.24) is 0 Å². The Kier molecular flexibility index (Phi) is 53.6. The monoisotopic (exact) mass is 1640 g/mol. The van der Waals surface area contributed by atoms with Gasteiger partial charge in [-0.3, -0.25) is 0 Å². The molecule has 7 fully saturated rings. The average molecular weight is 1640 g/mol. The largest absolute Gasteiger partial charge is 0.0651 e. The van der Waals surface area contributed by atoms with E-state index in [0.29, 0.717) is 103 Å². The van der Waals surface area contributed by atoms with E-state index >= 15 is 0 Å². The summed E-state index contributed by atoms with van der Waals surface area (Å²) in [5, 5.41) is 0. The molecule has 0 radical (unpaired) electrons. The third-order valence-electron chi connectivity index (χ3n) is 33.1. The standard InChI is InChI=1S/2C12H24.2C11H22.C11H24.C10H22.C9H18.2C8H16.3C8H18/c1-10(2)7-11(3,4)9-12(5,6)8-10;1-6-10-7-11(2,3)9-12(4,5)8-10;1-9-6-10(2,3)8-11(4,5)7-9;1-9-10(2,3)7-6-8-11(9,4)5;1-9(2,3)11(7,8)10(4,5)6;1-8(9(2,3)4)10(5,6)7;1-8-4-6-9(2,3)7-5-8;1-8(2)6-4-3-5-7-8;1-2-8-6-4-3-5-7-8;1-7(2,3)8(4,5)6;1-6-8(4,5)7(2)3;1-6(2)8(5)7(3)4/h7-9H2,1-6H3;10H,6-9H2,1-5H3;2*9H,6-8H2,1-5H3;1-8H3;8H,1-7H3;8H,4-7H2,1-3H3;3-7H2,1-2H3;8H,2-7H2,1H3;1-6H3;7H,6H2,1-5H3;6-8H,1-5H3. The van der Waals surface area contributed by atoms with Crippen molar-refractivity contribution in [3.8, 4) is 0 Å². The van der Waals surface area contributed by atoms with Gasteiger partial charge in [-0.2, -0.15) is 0 Å². The highest BCUT2D eigenvalue weighted by Gasteiger charge is 2.45. The van der Waals surface area contributed by atoms with Gasteiger partial charge in [0, 0.05) is 0 Å². The summed E-state index contributed by atoms with van der Waals surface area (Å²) in [6.07, 6.45) is 41.5. The van der Waals surface area contributed by atoms with Crippen molar-refractivity contribution < 1.29 is 0 Å². The fraction of sp³-hybridized carbons (Fsp3) is 1.00. The average Bonchev–Trinajstić information content (AvgIpc) is 0.797. The van der Waals surface area contributed by atoms with Gasteiger partial charge in [-0.05, 0) is 258 Å². The van der Waals surface area contributed by atoms with Crippen LogP contribution in [0.3, 0.4) is 0 Å². The molecule has 0 saturated heterocycles. The van der Waals surface area contributed by atoms with Gasteiger partial charge in [0.25, 0.3) is 0 Å². The maximum Gasteiger partial charge on any atom is -0.0257 e. The zero-order chi connectivity index (χ0) is 93.8. The summed E-state index contributed by atoms with van der Waals surface area (Å²) >= 11 is 0. The van der Waals surface area contributed by atoms with E-state index in [1.807, 2.05) is 0 Å². The molecule has 0 aromatic heterocycles. The Labute approximate surface area is 745 Å². The molecule has 7 rings (SSSR count). The fourth-order valence-electron chi connectivity index (χ4n) is 21.6. The summed E-state index contributed by atoms with van der Waals surface area (Å²) in [7, 11) is 0. The highest BCUT2D eigenvalue weighted by Crippen LogP contribution is 2.56. The van der Waals surface area contributed by atoms with Gasteiger partial charge in [0.15, 0.2) is 0 Å². The molecule has 116 heavy (non-hydrogen) atoms. The van der Waals surface area contributed by atoms with E-state index in [1.54, 1.807) is 0 Å². The van der Waals surface area contributed by atoms with Crippen molar-refractivity contribution in [1.29, 1.82) is 0 Å². The molecule has 0 unspecified atom stereocenters. The second-order valence-electron chi connectivity index (χ2n) is 58.7. The first-order valence-electron chi connectivity index (χ1n) is 50.8. The van der Waals surface area contributed by atoms with E-state index in [-0.39, 0.29) is 0 Å². The van der Waals surface area contributed by atoms with Gasteiger partial charge in [-0.15, -0.1) is 0 Å². The summed E-state index contributed by atoms with van der Waals surface area (Å²) in [4.78, 5) is 0. The molecular weight excluding hydrogens is 1390 g/mol. The van der Waals surface area contributed by atoms with Crippen LogP contribution in [0.25, 0.3) is 0 Å². The first kappa shape index (κ1) is 125. The van der Waals surface area contributed by atoms with Gasteiger partial charge in [0.2, 0.25) is 0 Å². The molecule has 0 aliphatic heterocycles. The first-order chi connectivity index (χ1) is 50.8. The maximum absolute atomic E-state index is 2.43. The van der Waals surface area contributed by atoms with E-state index in [0.717, 1.165) is 59.2 Å². The van der Waals surface area contributed by atoms with Crippen LogP contribution in [-0.2, 0) is 0 Å². The normalized spacial score (nSPS) is 23.1. The van der Waals surface area contributed by atoms with Crippen LogP contribution in [0.5, 0.6) is 0 Å². The lowest BCUT2D eigenvalue weighted by atomic mass is 9.56. The second kappa shape index (κ2) is 49.9. The van der Waals surface area contributed by atoms with Crippen molar-refractivity contribution in [2.45, 2.75) is 588 Å². The molecule has 0 aromatic carbocycles. The molecule has 0 heterocycles. The number of rotatable bonds is 6. The molecule has 0 N–H and O–H groups in total. The molecule has 0 bridgehead atoms. The quantitative estimate of drug-likeness (QED) is 0.249. The highest BCUT2D eigenvalue weighted by atomic mass is 14.5. The lowest BCUT2D eigenvalue weighted by molar-refractivity contribution is 0.00574. The Morgan fingerprint density at radius 2 is 0.552 bits per heavy atom. The predicted octanol–water partition coefficient (Wildman–Crippen LogP) is 42.3. The van der Waals surface area contributed by atoms with Crippen LogP contribution in [0, 0.1) is 162 Å². The van der Waals surface area contributed by atoms with Crippen molar-refractivity contribution in [2.75, 3.05) is 0 Å². The van der Waals surface area contributed by atoms with E-state index < -0.39 is 0 Å². The summed E-state index contributed by atoms with van der Waals surface area (Å²) in [5.74, 6) is 8.98. The number of hydrogen-bond acceptors (Lipinski definition) is 0. The zero-order valence-corrected chi connectivity index (χ0v) is 93.8. The van der Waals surface area contributed by atoms with Crippen molar-refractivity contribution in [3.05, 3.63) is 0 Å². The Morgan fingerprint density at radius 1 is 0.276 bits per heavy atom. The predicted molar refractivity (Wildman–Crippen MR) is 544 cm³/mol. The van der Waals surface area contributed by atoms with E-state index in [9.17, 15) is 0 Å². The van der Waals surface area contributed by atoms with Crippen molar-refractivity contribution in [3.63, 3.8) is 0 Å². The Morgan fingerprint density at radius 3 is 0.716 bits per heavy atom. The maximum atomic E-state index is 2.43. The minimum absolute atomic E-state index is 0.375. The second-order valence-corrected chi connectivity index (χ2v) is 58.7. The molecule has 7 aliphatic carbocycles. The van der Waals surface area contributed by atoms with Crippen LogP contribution in [0.4, 0.5) is 0 Å². The fourth-order valence-corrected chi connectivity index (χ4v) is 21.6. The van der Waals surface area contributed by atoms with Crippen LogP contribution in [0.1, 0.15) is 588 Å². The molecule has 7 aliphatic rings. The minimum atomic E-state index is 0.375. The molecule has 0 amide bonds. The van der Waals surface area contributed by atoms with Crippen molar-refractivity contribution >= 4 is 0 Å². The Balaban J connectivity index is -0.000000387. The number of hydrogen-bond donors (Lipinski definition) is 0. The molecule has 0 atom stereocenters. The van der Waals surface area contributed by atoms with Gasteiger partial charge >= 0.3 is 0 Å². The van der Waals surface area contributed by atoms with Gasteiger partial charge in [0.05, 0.1) is 0 Å². The summed E-state index contributed by atoms with van der Waals surface area (Å²) in [5.41, 5.74) is 9.90. The zero-order valence-electron chi connectivity index (χ0n) is 93.8. The highest BCUT2D eigenvalue weighted by molar-refractivity contribution is 4.96. The van der Waals surface area contributed by atoms with Crippen LogP contribution < -0.4 is 0 Å². The minimum Gasteiger partial charge on any atom is -0.0651 e.